The lowest BCUT2D eigenvalue weighted by Gasteiger charge is -2.11. The van der Waals surface area contributed by atoms with Crippen LogP contribution in [0.2, 0.25) is 0 Å². The smallest absolute Gasteiger partial charge is 0.396 e. The minimum atomic E-state index is -4.31. The number of aliphatic hydroxyl groups is 1. The van der Waals surface area contributed by atoms with Crippen molar-refractivity contribution < 1.29 is 18.3 Å². The summed E-state index contributed by atoms with van der Waals surface area (Å²) < 4.78 is 37.7. The molecule has 7 heteroatoms. The highest BCUT2D eigenvalue weighted by molar-refractivity contribution is 8.00. The van der Waals surface area contributed by atoms with Gasteiger partial charge >= 0.3 is 5.51 Å². The lowest BCUT2D eigenvalue weighted by atomic mass is 10.0. The van der Waals surface area contributed by atoms with Crippen LogP contribution in [0, 0.1) is 0 Å². The van der Waals surface area contributed by atoms with Gasteiger partial charge in [-0.15, -0.1) is 0 Å². The van der Waals surface area contributed by atoms with Gasteiger partial charge in [0.25, 0.3) is 0 Å². The first kappa shape index (κ1) is 17.3. The quantitative estimate of drug-likeness (QED) is 0.603. The molecular formula is C17H14F3NOS2. The first-order chi connectivity index (χ1) is 11.5. The molecule has 0 aliphatic heterocycles. The highest BCUT2D eigenvalue weighted by Crippen LogP contribution is 2.38. The number of nitrogens with zero attached hydrogens (tertiary/aromatic N) is 1. The van der Waals surface area contributed by atoms with Gasteiger partial charge in [-0.2, -0.15) is 24.5 Å². The molecular weight excluding hydrogens is 355 g/mol. The van der Waals surface area contributed by atoms with Crippen LogP contribution < -0.4 is 0 Å². The van der Waals surface area contributed by atoms with E-state index in [0.29, 0.717) is 23.7 Å². The van der Waals surface area contributed by atoms with Crippen molar-refractivity contribution in [2.24, 2.45) is 0 Å². The maximum atomic E-state index is 12.6. The van der Waals surface area contributed by atoms with Crippen molar-refractivity contribution in [2.45, 2.75) is 23.2 Å². The number of aliphatic hydroxyl groups excluding tert-OH is 1. The molecule has 3 rings (SSSR count). The predicted molar refractivity (Wildman–Crippen MR) is 92.4 cm³/mol. The molecule has 0 spiro atoms. The molecule has 0 bridgehead atoms. The Bertz CT molecular complexity index is 832. The summed E-state index contributed by atoms with van der Waals surface area (Å²) in [5.74, 6) is 0. The Labute approximate surface area is 145 Å². The van der Waals surface area contributed by atoms with Gasteiger partial charge in [-0.3, -0.25) is 0 Å². The van der Waals surface area contributed by atoms with E-state index >= 15 is 0 Å². The zero-order valence-corrected chi connectivity index (χ0v) is 14.1. The van der Waals surface area contributed by atoms with Crippen LogP contribution in [-0.4, -0.2) is 22.2 Å². The van der Waals surface area contributed by atoms with E-state index in [4.69, 9.17) is 5.11 Å². The van der Waals surface area contributed by atoms with Crippen molar-refractivity contribution in [3.05, 3.63) is 46.7 Å². The fourth-order valence-corrected chi connectivity index (χ4v) is 3.73. The lowest BCUT2D eigenvalue weighted by Crippen LogP contribution is -1.99. The molecule has 126 valence electrons. The van der Waals surface area contributed by atoms with Crippen molar-refractivity contribution in [2.75, 3.05) is 6.61 Å². The molecule has 0 aliphatic rings. The molecule has 24 heavy (non-hydrogen) atoms. The zero-order chi connectivity index (χ0) is 17.2. The van der Waals surface area contributed by atoms with Gasteiger partial charge in [-0.25, -0.2) is 4.98 Å². The van der Waals surface area contributed by atoms with Crippen LogP contribution in [0.3, 0.4) is 0 Å². The van der Waals surface area contributed by atoms with Crippen molar-refractivity contribution in [1.82, 2.24) is 4.98 Å². The fourth-order valence-electron chi connectivity index (χ4n) is 2.50. The average molecular weight is 369 g/mol. The van der Waals surface area contributed by atoms with E-state index in [2.05, 4.69) is 4.98 Å². The van der Waals surface area contributed by atoms with Gasteiger partial charge in [0.15, 0.2) is 0 Å². The molecule has 2 aromatic heterocycles. The Kier molecular flexibility index (Phi) is 5.12. The van der Waals surface area contributed by atoms with Crippen LogP contribution in [0.4, 0.5) is 13.2 Å². The van der Waals surface area contributed by atoms with Crippen LogP contribution in [0.1, 0.15) is 12.0 Å². The predicted octanol–water partition coefficient (Wildman–Crippen LogP) is 5.50. The number of benzene rings is 1. The second kappa shape index (κ2) is 7.13. The second-order valence-corrected chi connectivity index (χ2v) is 7.16. The third-order valence-corrected chi connectivity index (χ3v) is 4.90. The fraction of sp³-hybridized carbons (Fsp3) is 0.235. The van der Waals surface area contributed by atoms with Crippen LogP contribution in [-0.2, 0) is 6.42 Å². The minimum Gasteiger partial charge on any atom is -0.396 e. The van der Waals surface area contributed by atoms with Gasteiger partial charge in [-0.05, 0) is 65.9 Å². The standard InChI is InChI=1S/C17H14F3NOS2/c18-17(19,20)24-14-3-4-15-13(9-14)8-11(2-1-6-22)16(21-15)12-5-7-23-10-12/h3-5,7-10,22H,1-2,6H2. The Morgan fingerprint density at radius 3 is 2.67 bits per heavy atom. The van der Waals surface area contributed by atoms with E-state index in [1.54, 1.807) is 17.4 Å². The number of rotatable bonds is 5. The van der Waals surface area contributed by atoms with Crippen LogP contribution >= 0.6 is 23.1 Å². The van der Waals surface area contributed by atoms with Crippen molar-refractivity contribution >= 4 is 34.0 Å². The summed E-state index contributed by atoms with van der Waals surface area (Å²) in [7, 11) is 0. The zero-order valence-electron chi connectivity index (χ0n) is 12.5. The minimum absolute atomic E-state index is 0.0606. The van der Waals surface area contributed by atoms with E-state index in [9.17, 15) is 13.2 Å². The highest BCUT2D eigenvalue weighted by atomic mass is 32.2. The molecule has 0 amide bonds. The Morgan fingerprint density at radius 1 is 1.17 bits per heavy atom. The molecule has 0 fully saturated rings. The van der Waals surface area contributed by atoms with Gasteiger partial charge in [-0.1, -0.05) is 0 Å². The summed E-state index contributed by atoms with van der Waals surface area (Å²) in [6.45, 7) is 0.0606. The summed E-state index contributed by atoms with van der Waals surface area (Å²) in [4.78, 5) is 4.79. The highest BCUT2D eigenvalue weighted by Gasteiger charge is 2.29. The van der Waals surface area contributed by atoms with Crippen LogP contribution in [0.15, 0.2) is 46.0 Å². The maximum absolute atomic E-state index is 12.6. The molecule has 3 aromatic rings. The first-order valence-electron chi connectivity index (χ1n) is 7.29. The molecule has 0 saturated heterocycles. The monoisotopic (exact) mass is 369 g/mol. The van der Waals surface area contributed by atoms with E-state index in [-0.39, 0.29) is 23.3 Å². The number of hydrogen-bond acceptors (Lipinski definition) is 4. The largest absolute Gasteiger partial charge is 0.446 e. The molecule has 1 N–H and O–H groups in total. The number of aromatic nitrogens is 1. The number of aryl methyl sites for hydroxylation is 1. The maximum Gasteiger partial charge on any atom is 0.446 e. The van der Waals surface area contributed by atoms with Gasteiger partial charge in [0.1, 0.15) is 0 Å². The number of fused-ring (bicyclic) bond motifs is 1. The number of alkyl halides is 3. The summed E-state index contributed by atoms with van der Waals surface area (Å²) in [6.07, 6.45) is 1.21. The average Bonchev–Trinajstić information content (AvgIpc) is 3.04. The van der Waals surface area contributed by atoms with E-state index in [1.165, 1.54) is 12.1 Å². The number of halogens is 3. The van der Waals surface area contributed by atoms with Crippen molar-refractivity contribution in [1.29, 1.82) is 0 Å². The SMILES string of the molecule is OCCCc1cc2cc(SC(F)(F)F)ccc2nc1-c1ccsc1. The van der Waals surface area contributed by atoms with Crippen molar-refractivity contribution in [3.63, 3.8) is 0 Å². The lowest BCUT2D eigenvalue weighted by molar-refractivity contribution is -0.0328. The third kappa shape index (κ3) is 4.09. The normalized spacial score (nSPS) is 12.0. The van der Waals surface area contributed by atoms with E-state index in [1.807, 2.05) is 22.9 Å². The van der Waals surface area contributed by atoms with Crippen molar-refractivity contribution in [3.8, 4) is 11.3 Å². The number of thiophene rings is 1. The van der Waals surface area contributed by atoms with Crippen LogP contribution in [0.25, 0.3) is 22.2 Å². The van der Waals surface area contributed by atoms with Gasteiger partial charge < -0.3 is 5.11 Å². The number of thioether (sulfide) groups is 1. The molecule has 0 atom stereocenters. The Morgan fingerprint density at radius 2 is 2.00 bits per heavy atom. The summed E-state index contributed by atoms with van der Waals surface area (Å²) in [6, 6.07) is 8.42. The molecule has 0 unspecified atom stereocenters. The molecule has 2 heterocycles. The van der Waals surface area contributed by atoms with Gasteiger partial charge in [0, 0.05) is 27.8 Å². The molecule has 0 radical (unpaired) electrons. The van der Waals surface area contributed by atoms with E-state index in [0.717, 1.165) is 16.8 Å². The third-order valence-electron chi connectivity index (χ3n) is 3.50. The summed E-state index contributed by atoms with van der Waals surface area (Å²) >= 11 is 1.44. The van der Waals surface area contributed by atoms with Crippen LogP contribution in [0.5, 0.6) is 0 Å². The molecule has 0 aliphatic carbocycles. The Hall–Kier alpha value is -1.57. The molecule has 2 nitrogen and oxygen atoms in total. The number of pyridine rings is 1. The summed E-state index contributed by atoms with van der Waals surface area (Å²) in [5.41, 5.74) is -0.895. The summed E-state index contributed by atoms with van der Waals surface area (Å²) in [5, 5.41) is 13.7. The van der Waals surface area contributed by atoms with E-state index < -0.39 is 5.51 Å². The molecule has 0 saturated carbocycles. The second-order valence-electron chi connectivity index (χ2n) is 5.24. The number of hydrogen-bond donors (Lipinski definition) is 1. The van der Waals surface area contributed by atoms with Gasteiger partial charge in [0.05, 0.1) is 11.2 Å². The Balaban J connectivity index is 2.07. The first-order valence-corrected chi connectivity index (χ1v) is 9.05. The molecule has 1 aromatic carbocycles. The van der Waals surface area contributed by atoms with Gasteiger partial charge in [0.2, 0.25) is 0 Å². The topological polar surface area (TPSA) is 33.1 Å².